The van der Waals surface area contributed by atoms with Gasteiger partial charge in [-0.2, -0.15) is 0 Å². The number of nitrogens with zero attached hydrogens (tertiary/aromatic N) is 3. The molecule has 0 unspecified atom stereocenters. The number of rotatable bonds is 4. The van der Waals surface area contributed by atoms with Crippen LogP contribution in [-0.2, 0) is 0 Å². The summed E-state index contributed by atoms with van der Waals surface area (Å²) in [5, 5.41) is 2.91. The van der Waals surface area contributed by atoms with Gasteiger partial charge in [0.15, 0.2) is 0 Å². The zero-order valence-corrected chi connectivity index (χ0v) is 14.6. The van der Waals surface area contributed by atoms with Crippen molar-refractivity contribution >= 4 is 17.5 Å². The van der Waals surface area contributed by atoms with E-state index < -0.39 is 0 Å². The van der Waals surface area contributed by atoms with E-state index in [1.54, 1.807) is 12.1 Å². The Morgan fingerprint density at radius 3 is 2.42 bits per heavy atom. The zero-order chi connectivity index (χ0) is 17.9. The molecule has 1 aromatic heterocycles. The second-order valence-corrected chi connectivity index (χ2v) is 6.79. The minimum Gasteiger partial charge on any atom is -0.368 e. The smallest absolute Gasteiger partial charge is 0.270 e. The van der Waals surface area contributed by atoms with Crippen LogP contribution in [0.15, 0.2) is 48.7 Å². The molecule has 1 N–H and O–H groups in total. The number of para-hydroxylation sites is 1. The Balaban J connectivity index is 1.39. The molecular weight excluding hydrogens is 328 g/mol. The molecule has 6 heteroatoms. The fraction of sp³-hybridized carbons (Fsp3) is 0.350. The highest BCUT2D eigenvalue weighted by Crippen LogP contribution is 2.20. The number of benzene rings is 1. The van der Waals surface area contributed by atoms with E-state index in [2.05, 4.69) is 27.3 Å². The Kier molecular flexibility index (Phi) is 4.56. The number of carbonyl (C=O) groups excluding carboxylic acids is 2. The highest BCUT2D eigenvalue weighted by atomic mass is 16.2. The van der Waals surface area contributed by atoms with Crippen molar-refractivity contribution in [3.8, 4) is 0 Å². The van der Waals surface area contributed by atoms with Gasteiger partial charge in [-0.1, -0.05) is 18.2 Å². The first kappa shape index (κ1) is 16.6. The lowest BCUT2D eigenvalue weighted by Crippen LogP contribution is -2.48. The number of nitrogens with one attached hydrogen (secondary N) is 1. The molecule has 6 nitrogen and oxygen atoms in total. The molecule has 1 aliphatic carbocycles. The fourth-order valence-corrected chi connectivity index (χ4v) is 3.16. The standard InChI is InChI=1S/C20H22N4O2/c25-19(22-16-6-7-16)18-14-15(8-9-21-18)20(26)24-12-10-23(11-13-24)17-4-2-1-3-5-17/h1-5,8-9,14,16H,6-7,10-13H2,(H,22,25). The molecule has 0 radical (unpaired) electrons. The molecular formula is C20H22N4O2. The molecule has 134 valence electrons. The number of hydrogen-bond donors (Lipinski definition) is 1. The van der Waals surface area contributed by atoms with Gasteiger partial charge in [0.2, 0.25) is 0 Å². The van der Waals surface area contributed by atoms with Crippen LogP contribution in [0.25, 0.3) is 0 Å². The quantitative estimate of drug-likeness (QED) is 0.915. The van der Waals surface area contributed by atoms with Crippen LogP contribution in [0.4, 0.5) is 5.69 Å². The number of amides is 2. The van der Waals surface area contributed by atoms with E-state index in [9.17, 15) is 9.59 Å². The van der Waals surface area contributed by atoms with Gasteiger partial charge < -0.3 is 15.1 Å². The van der Waals surface area contributed by atoms with Gasteiger partial charge in [-0.05, 0) is 37.1 Å². The highest BCUT2D eigenvalue weighted by Gasteiger charge is 2.26. The molecule has 2 aliphatic rings. The normalized spacial score (nSPS) is 17.1. The van der Waals surface area contributed by atoms with Crippen molar-refractivity contribution < 1.29 is 9.59 Å². The predicted molar refractivity (Wildman–Crippen MR) is 99.3 cm³/mol. The minimum atomic E-state index is -0.198. The second kappa shape index (κ2) is 7.15. The summed E-state index contributed by atoms with van der Waals surface area (Å²) in [6, 6.07) is 13.8. The summed E-state index contributed by atoms with van der Waals surface area (Å²) in [6.07, 6.45) is 3.58. The van der Waals surface area contributed by atoms with Crippen LogP contribution in [0.3, 0.4) is 0 Å². The zero-order valence-electron chi connectivity index (χ0n) is 14.6. The van der Waals surface area contributed by atoms with E-state index in [-0.39, 0.29) is 17.9 Å². The van der Waals surface area contributed by atoms with E-state index in [0.717, 1.165) is 25.9 Å². The van der Waals surface area contributed by atoms with Gasteiger partial charge >= 0.3 is 0 Å². The molecule has 0 atom stereocenters. The van der Waals surface area contributed by atoms with E-state index in [1.807, 2.05) is 23.1 Å². The lowest BCUT2D eigenvalue weighted by molar-refractivity contribution is 0.0746. The third-order valence-electron chi connectivity index (χ3n) is 4.84. The van der Waals surface area contributed by atoms with Gasteiger partial charge in [-0.25, -0.2) is 0 Å². The Morgan fingerprint density at radius 1 is 1.00 bits per heavy atom. The molecule has 0 bridgehead atoms. The Bertz CT molecular complexity index is 796. The summed E-state index contributed by atoms with van der Waals surface area (Å²) < 4.78 is 0. The average molecular weight is 350 g/mol. The van der Waals surface area contributed by atoms with Crippen LogP contribution in [-0.4, -0.2) is 53.9 Å². The Morgan fingerprint density at radius 2 is 1.73 bits per heavy atom. The van der Waals surface area contributed by atoms with Gasteiger partial charge in [0.05, 0.1) is 0 Å². The number of aromatic nitrogens is 1. The third-order valence-corrected chi connectivity index (χ3v) is 4.84. The van der Waals surface area contributed by atoms with Gasteiger partial charge in [-0.3, -0.25) is 14.6 Å². The van der Waals surface area contributed by atoms with Gasteiger partial charge in [0.1, 0.15) is 5.69 Å². The maximum Gasteiger partial charge on any atom is 0.270 e. The number of hydrogen-bond acceptors (Lipinski definition) is 4. The molecule has 4 rings (SSSR count). The fourth-order valence-electron chi connectivity index (χ4n) is 3.16. The molecule has 2 aromatic rings. The van der Waals surface area contributed by atoms with Crippen LogP contribution in [0, 0.1) is 0 Å². The summed E-state index contributed by atoms with van der Waals surface area (Å²) in [6.45, 7) is 2.94. The maximum atomic E-state index is 12.8. The summed E-state index contributed by atoms with van der Waals surface area (Å²) >= 11 is 0. The monoisotopic (exact) mass is 350 g/mol. The van der Waals surface area contributed by atoms with Crippen molar-refractivity contribution in [3.63, 3.8) is 0 Å². The lowest BCUT2D eigenvalue weighted by atomic mass is 10.1. The van der Waals surface area contributed by atoms with Crippen LogP contribution in [0.2, 0.25) is 0 Å². The molecule has 1 saturated heterocycles. The highest BCUT2D eigenvalue weighted by molar-refractivity contribution is 5.98. The van der Waals surface area contributed by atoms with Crippen molar-refractivity contribution in [2.45, 2.75) is 18.9 Å². The molecule has 1 aromatic carbocycles. The van der Waals surface area contributed by atoms with Crippen LogP contribution < -0.4 is 10.2 Å². The molecule has 26 heavy (non-hydrogen) atoms. The summed E-state index contributed by atoms with van der Waals surface area (Å²) in [5.41, 5.74) is 2.02. The first-order valence-electron chi connectivity index (χ1n) is 9.07. The van der Waals surface area contributed by atoms with E-state index in [4.69, 9.17) is 0 Å². The molecule has 2 amide bonds. The Hall–Kier alpha value is -2.89. The lowest BCUT2D eigenvalue weighted by Gasteiger charge is -2.36. The third kappa shape index (κ3) is 3.69. The first-order valence-corrected chi connectivity index (χ1v) is 9.07. The number of pyridine rings is 1. The van der Waals surface area contributed by atoms with Crippen molar-refractivity contribution in [1.82, 2.24) is 15.2 Å². The van der Waals surface area contributed by atoms with Crippen LogP contribution >= 0.6 is 0 Å². The Labute approximate surface area is 152 Å². The molecule has 0 spiro atoms. The average Bonchev–Trinajstić information content (AvgIpc) is 3.52. The van der Waals surface area contributed by atoms with Gasteiger partial charge in [-0.15, -0.1) is 0 Å². The molecule has 1 aliphatic heterocycles. The number of piperazine rings is 1. The van der Waals surface area contributed by atoms with Crippen LogP contribution in [0.1, 0.15) is 33.7 Å². The molecule has 2 heterocycles. The largest absolute Gasteiger partial charge is 0.368 e. The summed E-state index contributed by atoms with van der Waals surface area (Å²) in [4.78, 5) is 33.2. The predicted octanol–water partition coefficient (Wildman–Crippen LogP) is 1.94. The molecule has 1 saturated carbocycles. The maximum absolute atomic E-state index is 12.8. The van der Waals surface area contributed by atoms with E-state index >= 15 is 0 Å². The van der Waals surface area contributed by atoms with Crippen molar-refractivity contribution in [2.75, 3.05) is 31.1 Å². The van der Waals surface area contributed by atoms with Gasteiger partial charge in [0, 0.05) is 49.7 Å². The molecule has 2 fully saturated rings. The van der Waals surface area contributed by atoms with Crippen LogP contribution in [0.5, 0.6) is 0 Å². The number of anilines is 1. The van der Waals surface area contributed by atoms with Crippen molar-refractivity contribution in [1.29, 1.82) is 0 Å². The van der Waals surface area contributed by atoms with Crippen molar-refractivity contribution in [3.05, 3.63) is 59.9 Å². The minimum absolute atomic E-state index is 0.0411. The first-order chi connectivity index (χ1) is 12.7. The van der Waals surface area contributed by atoms with E-state index in [1.165, 1.54) is 11.9 Å². The topological polar surface area (TPSA) is 65.5 Å². The van der Waals surface area contributed by atoms with Crippen molar-refractivity contribution in [2.24, 2.45) is 0 Å². The van der Waals surface area contributed by atoms with E-state index in [0.29, 0.717) is 24.3 Å². The summed E-state index contributed by atoms with van der Waals surface area (Å²) in [7, 11) is 0. The summed E-state index contributed by atoms with van der Waals surface area (Å²) in [5.74, 6) is -0.239. The SMILES string of the molecule is O=C(NC1CC1)c1cc(C(=O)N2CCN(c3ccccc3)CC2)ccn1. The number of carbonyl (C=O) groups is 2. The second-order valence-electron chi connectivity index (χ2n) is 6.79. The van der Waals surface area contributed by atoms with Gasteiger partial charge in [0.25, 0.3) is 11.8 Å².